The Bertz CT molecular complexity index is 522. The largest absolute Gasteiger partial charge is 0.365 e. The van der Waals surface area contributed by atoms with Crippen molar-refractivity contribution in [3.8, 4) is 0 Å². The fourth-order valence-corrected chi connectivity index (χ4v) is 3.49. The van der Waals surface area contributed by atoms with Crippen LogP contribution in [0.2, 0.25) is 10.0 Å². The van der Waals surface area contributed by atoms with E-state index in [1.54, 1.807) is 12.4 Å². The Morgan fingerprint density at radius 2 is 1.50 bits per heavy atom. The van der Waals surface area contributed by atoms with Gasteiger partial charge in [-0.3, -0.25) is 4.98 Å². The molecule has 3 heterocycles. The lowest BCUT2D eigenvalue weighted by Crippen LogP contribution is -2.56. The van der Waals surface area contributed by atoms with Crippen molar-refractivity contribution in [3.63, 3.8) is 0 Å². The number of halogens is 2. The van der Waals surface area contributed by atoms with Crippen LogP contribution in [0.15, 0.2) is 12.4 Å². The van der Waals surface area contributed by atoms with E-state index in [2.05, 4.69) is 15.2 Å². The van der Waals surface area contributed by atoms with Crippen LogP contribution in [0, 0.1) is 0 Å². The van der Waals surface area contributed by atoms with Crippen molar-refractivity contribution in [3.05, 3.63) is 22.4 Å². The van der Waals surface area contributed by atoms with E-state index in [0.29, 0.717) is 23.1 Å². The molecule has 120 valence electrons. The van der Waals surface area contributed by atoms with Gasteiger partial charge < -0.3 is 20.0 Å². The van der Waals surface area contributed by atoms with Gasteiger partial charge in [0.25, 0.3) is 0 Å². The van der Waals surface area contributed by atoms with Crippen LogP contribution in [0.25, 0.3) is 0 Å². The van der Waals surface area contributed by atoms with Crippen molar-refractivity contribution in [1.82, 2.24) is 20.1 Å². The van der Waals surface area contributed by atoms with Crippen molar-refractivity contribution < 1.29 is 4.79 Å². The number of carbonyl (C=O) groups excluding carboxylic acids is 1. The molecule has 0 aromatic carbocycles. The van der Waals surface area contributed by atoms with Crippen molar-refractivity contribution in [1.29, 1.82) is 0 Å². The molecule has 0 unspecified atom stereocenters. The Labute approximate surface area is 140 Å². The Kier molecular flexibility index (Phi) is 4.90. The van der Waals surface area contributed by atoms with Crippen LogP contribution >= 0.6 is 23.2 Å². The number of hydrogen-bond acceptors (Lipinski definition) is 4. The van der Waals surface area contributed by atoms with E-state index in [9.17, 15) is 4.79 Å². The zero-order valence-corrected chi connectivity index (χ0v) is 13.8. The van der Waals surface area contributed by atoms with Gasteiger partial charge >= 0.3 is 6.03 Å². The van der Waals surface area contributed by atoms with Crippen LogP contribution in [-0.4, -0.2) is 73.2 Å². The molecule has 3 rings (SSSR count). The number of urea groups is 1. The van der Waals surface area contributed by atoms with Crippen LogP contribution in [0.1, 0.15) is 0 Å². The molecule has 1 aromatic rings. The van der Waals surface area contributed by atoms with Crippen LogP contribution in [0.5, 0.6) is 0 Å². The summed E-state index contributed by atoms with van der Waals surface area (Å²) in [7, 11) is 0. The molecule has 0 spiro atoms. The third-order valence-electron chi connectivity index (χ3n) is 4.08. The van der Waals surface area contributed by atoms with E-state index < -0.39 is 0 Å². The van der Waals surface area contributed by atoms with E-state index >= 15 is 0 Å². The normalized spacial score (nSPS) is 19.5. The highest BCUT2D eigenvalue weighted by Crippen LogP contribution is 2.33. The molecule has 0 saturated carbocycles. The summed E-state index contributed by atoms with van der Waals surface area (Å²) in [6, 6.07) is 0.132. The molecule has 0 aliphatic carbocycles. The molecule has 8 heteroatoms. The molecule has 1 aromatic heterocycles. The minimum Gasteiger partial charge on any atom is -0.365 e. The molecule has 0 bridgehead atoms. The predicted molar refractivity (Wildman–Crippen MR) is 87.9 cm³/mol. The molecule has 6 nitrogen and oxygen atoms in total. The topological polar surface area (TPSA) is 51.7 Å². The summed E-state index contributed by atoms with van der Waals surface area (Å²) in [6.07, 6.45) is 3.20. The number of anilines is 1. The monoisotopic (exact) mass is 343 g/mol. The van der Waals surface area contributed by atoms with Gasteiger partial charge in [-0.15, -0.1) is 0 Å². The highest BCUT2D eigenvalue weighted by molar-refractivity contribution is 6.38. The number of rotatable bonds is 1. The number of carbonyl (C=O) groups is 1. The number of pyridine rings is 1. The maximum atomic E-state index is 12.5. The summed E-state index contributed by atoms with van der Waals surface area (Å²) in [5, 5.41) is 4.36. The molecular weight excluding hydrogens is 325 g/mol. The van der Waals surface area contributed by atoms with Gasteiger partial charge in [-0.05, 0) is 0 Å². The molecule has 1 N–H and O–H groups in total. The van der Waals surface area contributed by atoms with E-state index in [0.717, 1.165) is 45.0 Å². The average molecular weight is 344 g/mol. The van der Waals surface area contributed by atoms with Crippen molar-refractivity contribution in [2.45, 2.75) is 0 Å². The minimum atomic E-state index is 0.132. The molecule has 2 aliphatic heterocycles. The molecule has 0 atom stereocenters. The Morgan fingerprint density at radius 1 is 0.955 bits per heavy atom. The lowest BCUT2D eigenvalue weighted by Gasteiger charge is -2.39. The molecule has 2 amide bonds. The second-order valence-corrected chi connectivity index (χ2v) is 6.26. The first kappa shape index (κ1) is 15.6. The number of nitrogens with one attached hydrogen (secondary N) is 1. The quantitative estimate of drug-likeness (QED) is 0.840. The van der Waals surface area contributed by atoms with Gasteiger partial charge in [0.05, 0.1) is 15.7 Å². The maximum Gasteiger partial charge on any atom is 0.320 e. The van der Waals surface area contributed by atoms with E-state index in [1.807, 2.05) is 9.80 Å². The maximum absolute atomic E-state index is 12.5. The number of aromatic nitrogens is 1. The molecule has 2 aliphatic rings. The number of hydrogen-bond donors (Lipinski definition) is 1. The van der Waals surface area contributed by atoms with Gasteiger partial charge in [0.1, 0.15) is 0 Å². The molecule has 2 fully saturated rings. The van der Waals surface area contributed by atoms with Crippen molar-refractivity contribution in [2.75, 3.05) is 57.3 Å². The van der Waals surface area contributed by atoms with E-state index in [-0.39, 0.29) is 6.03 Å². The summed E-state index contributed by atoms with van der Waals surface area (Å²) in [5.74, 6) is 0. The summed E-state index contributed by atoms with van der Waals surface area (Å²) in [6.45, 7) is 6.10. The molecule has 0 radical (unpaired) electrons. The second kappa shape index (κ2) is 6.89. The summed E-state index contributed by atoms with van der Waals surface area (Å²) >= 11 is 12.4. The molecule has 2 saturated heterocycles. The zero-order valence-electron chi connectivity index (χ0n) is 12.3. The summed E-state index contributed by atoms with van der Waals surface area (Å²) in [5.41, 5.74) is 0.813. The average Bonchev–Trinajstić information content (AvgIpc) is 2.55. The van der Waals surface area contributed by atoms with Crippen LogP contribution in [0.3, 0.4) is 0 Å². The van der Waals surface area contributed by atoms with Crippen molar-refractivity contribution in [2.24, 2.45) is 0 Å². The third kappa shape index (κ3) is 3.24. The van der Waals surface area contributed by atoms with Gasteiger partial charge in [-0.2, -0.15) is 0 Å². The third-order valence-corrected chi connectivity index (χ3v) is 4.64. The predicted octanol–water partition coefficient (Wildman–Crippen LogP) is 1.54. The van der Waals surface area contributed by atoms with Gasteiger partial charge in [0, 0.05) is 64.8 Å². The second-order valence-electron chi connectivity index (χ2n) is 5.45. The lowest BCUT2D eigenvalue weighted by molar-refractivity contribution is 0.144. The molecule has 22 heavy (non-hydrogen) atoms. The Balaban J connectivity index is 1.61. The van der Waals surface area contributed by atoms with Gasteiger partial charge in [-0.1, -0.05) is 23.2 Å². The zero-order chi connectivity index (χ0) is 15.5. The number of nitrogens with zero attached hydrogens (tertiary/aromatic N) is 4. The van der Waals surface area contributed by atoms with Crippen molar-refractivity contribution >= 4 is 34.9 Å². The fourth-order valence-electron chi connectivity index (χ4n) is 2.88. The highest BCUT2D eigenvalue weighted by Gasteiger charge is 2.27. The van der Waals surface area contributed by atoms with E-state index in [4.69, 9.17) is 23.2 Å². The SMILES string of the molecule is O=C(N1CCNCC1)N1CCN(c2c(Cl)cncc2Cl)CC1. The van der Waals surface area contributed by atoms with E-state index in [1.165, 1.54) is 0 Å². The Morgan fingerprint density at radius 3 is 2.09 bits per heavy atom. The minimum absolute atomic E-state index is 0.132. The summed E-state index contributed by atoms with van der Waals surface area (Å²) in [4.78, 5) is 22.4. The number of piperazine rings is 2. The number of amides is 2. The van der Waals surface area contributed by atoms with Gasteiger partial charge in [-0.25, -0.2) is 4.79 Å². The first-order chi connectivity index (χ1) is 10.7. The standard InChI is InChI=1S/C14H19Cl2N5O/c15-11-9-18-10-12(16)13(11)19-5-7-21(8-6-19)14(22)20-3-1-17-2-4-20/h9-10,17H,1-8H2. The molecular formula is C14H19Cl2N5O. The highest BCUT2D eigenvalue weighted by atomic mass is 35.5. The smallest absolute Gasteiger partial charge is 0.320 e. The first-order valence-electron chi connectivity index (χ1n) is 7.45. The Hall–Kier alpha value is -1.24. The van der Waals surface area contributed by atoms with Crippen LogP contribution < -0.4 is 10.2 Å². The lowest BCUT2D eigenvalue weighted by atomic mass is 10.2. The van der Waals surface area contributed by atoms with Gasteiger partial charge in [0.2, 0.25) is 0 Å². The van der Waals surface area contributed by atoms with Crippen LogP contribution in [-0.2, 0) is 0 Å². The summed E-state index contributed by atoms with van der Waals surface area (Å²) < 4.78 is 0. The first-order valence-corrected chi connectivity index (χ1v) is 8.21. The van der Waals surface area contributed by atoms with Crippen LogP contribution in [0.4, 0.5) is 10.5 Å². The fraction of sp³-hybridized carbons (Fsp3) is 0.571. The van der Waals surface area contributed by atoms with Gasteiger partial charge in [0.15, 0.2) is 0 Å².